The molecule has 0 aromatic rings. The van der Waals surface area contributed by atoms with E-state index in [0.717, 1.165) is 31.3 Å². The Hall–Kier alpha value is -1.12. The summed E-state index contributed by atoms with van der Waals surface area (Å²) < 4.78 is 0. The number of allylic oxidation sites excluding steroid dienone is 2. The Bertz CT molecular complexity index is 338. The number of carbonyl (C=O) groups excluding carboxylic acids is 1. The van der Waals surface area contributed by atoms with Crippen molar-refractivity contribution in [2.24, 2.45) is 5.41 Å². The van der Waals surface area contributed by atoms with Crippen LogP contribution in [0.5, 0.6) is 0 Å². The van der Waals surface area contributed by atoms with Crippen LogP contribution >= 0.6 is 0 Å². The molecule has 0 rings (SSSR count). The fourth-order valence-corrected chi connectivity index (χ4v) is 1.84. The van der Waals surface area contributed by atoms with Crippen molar-refractivity contribution in [1.82, 2.24) is 0 Å². The standard InChI is InChI=1S/C15H26O3/c1-6-8-11(3)12(9-7-2)10-13(16)15(4,5)14(17)18/h6-10H2,1-5H3,(H,17,18)/b12-11+. The van der Waals surface area contributed by atoms with Crippen molar-refractivity contribution < 1.29 is 14.7 Å². The Morgan fingerprint density at radius 1 is 1.06 bits per heavy atom. The fourth-order valence-electron chi connectivity index (χ4n) is 1.84. The summed E-state index contributed by atoms with van der Waals surface area (Å²) in [4.78, 5) is 23.1. The lowest BCUT2D eigenvalue weighted by molar-refractivity contribution is -0.152. The van der Waals surface area contributed by atoms with Crippen molar-refractivity contribution >= 4 is 11.8 Å². The van der Waals surface area contributed by atoms with Gasteiger partial charge in [-0.3, -0.25) is 9.59 Å². The molecule has 104 valence electrons. The number of ketones is 1. The van der Waals surface area contributed by atoms with E-state index in [1.807, 2.05) is 0 Å². The summed E-state index contributed by atoms with van der Waals surface area (Å²) in [7, 11) is 0. The monoisotopic (exact) mass is 254 g/mol. The molecule has 0 aliphatic rings. The van der Waals surface area contributed by atoms with Gasteiger partial charge in [0.1, 0.15) is 5.41 Å². The zero-order valence-corrected chi connectivity index (χ0v) is 12.3. The zero-order valence-electron chi connectivity index (χ0n) is 12.3. The molecular weight excluding hydrogens is 228 g/mol. The first kappa shape index (κ1) is 16.9. The molecule has 0 heterocycles. The Kier molecular flexibility index (Phi) is 6.89. The Morgan fingerprint density at radius 3 is 1.94 bits per heavy atom. The lowest BCUT2D eigenvalue weighted by Crippen LogP contribution is -2.33. The molecule has 3 heteroatoms. The maximum atomic E-state index is 12.1. The molecule has 0 spiro atoms. The number of carbonyl (C=O) groups is 2. The highest BCUT2D eigenvalue weighted by atomic mass is 16.4. The molecule has 1 N–H and O–H groups in total. The molecular formula is C15H26O3. The van der Waals surface area contributed by atoms with Gasteiger partial charge in [0.25, 0.3) is 0 Å². The summed E-state index contributed by atoms with van der Waals surface area (Å²) in [5, 5.41) is 9.06. The summed E-state index contributed by atoms with van der Waals surface area (Å²) in [6.45, 7) is 9.20. The van der Waals surface area contributed by atoms with Gasteiger partial charge in [-0.2, -0.15) is 0 Å². The lowest BCUT2D eigenvalue weighted by atomic mass is 9.83. The third-order valence-electron chi connectivity index (χ3n) is 3.39. The van der Waals surface area contributed by atoms with E-state index in [2.05, 4.69) is 20.8 Å². The topological polar surface area (TPSA) is 54.4 Å². The highest BCUT2D eigenvalue weighted by molar-refractivity contribution is 6.03. The number of Topliss-reactive ketones (excluding diaryl/α,β-unsaturated/α-hetero) is 1. The molecule has 0 aliphatic heterocycles. The molecule has 3 nitrogen and oxygen atoms in total. The van der Waals surface area contributed by atoms with Crippen LogP contribution in [-0.4, -0.2) is 16.9 Å². The number of hydrogen-bond donors (Lipinski definition) is 1. The number of carboxylic acids is 1. The highest BCUT2D eigenvalue weighted by Crippen LogP contribution is 2.26. The molecule has 0 unspecified atom stereocenters. The second-order valence-corrected chi connectivity index (χ2v) is 5.41. The summed E-state index contributed by atoms with van der Waals surface area (Å²) in [5.41, 5.74) is 1.08. The first-order valence-corrected chi connectivity index (χ1v) is 6.71. The molecule has 0 amide bonds. The molecule has 0 bridgehead atoms. The van der Waals surface area contributed by atoms with Crippen molar-refractivity contribution in [1.29, 1.82) is 0 Å². The fraction of sp³-hybridized carbons (Fsp3) is 0.733. The number of rotatable bonds is 8. The summed E-state index contributed by atoms with van der Waals surface area (Å²) in [5.74, 6) is -1.25. The van der Waals surface area contributed by atoms with Crippen LogP contribution in [0.3, 0.4) is 0 Å². The van der Waals surface area contributed by atoms with Gasteiger partial charge in [0.2, 0.25) is 0 Å². The third-order valence-corrected chi connectivity index (χ3v) is 3.39. The number of carboxylic acid groups (broad SMARTS) is 1. The smallest absolute Gasteiger partial charge is 0.316 e. The van der Waals surface area contributed by atoms with E-state index in [1.165, 1.54) is 19.4 Å². The van der Waals surface area contributed by atoms with E-state index in [1.54, 1.807) is 0 Å². The normalized spacial score (nSPS) is 13.2. The maximum Gasteiger partial charge on any atom is 0.316 e. The van der Waals surface area contributed by atoms with Crippen LogP contribution in [0, 0.1) is 5.41 Å². The third kappa shape index (κ3) is 4.63. The van der Waals surface area contributed by atoms with Gasteiger partial charge in [0.05, 0.1) is 0 Å². The molecule has 0 fully saturated rings. The van der Waals surface area contributed by atoms with Crippen LogP contribution in [0.25, 0.3) is 0 Å². The van der Waals surface area contributed by atoms with E-state index in [0.29, 0.717) is 0 Å². The van der Waals surface area contributed by atoms with Crippen LogP contribution in [0.15, 0.2) is 11.1 Å². The Morgan fingerprint density at radius 2 is 1.56 bits per heavy atom. The van der Waals surface area contributed by atoms with Gasteiger partial charge in [0.15, 0.2) is 5.78 Å². The highest BCUT2D eigenvalue weighted by Gasteiger charge is 2.35. The quantitative estimate of drug-likeness (QED) is 0.526. The minimum Gasteiger partial charge on any atom is -0.481 e. The van der Waals surface area contributed by atoms with Crippen LogP contribution in [-0.2, 0) is 9.59 Å². The molecule has 0 aliphatic carbocycles. The van der Waals surface area contributed by atoms with Crippen molar-refractivity contribution in [3.05, 3.63) is 11.1 Å². The molecule has 0 aromatic heterocycles. The molecule has 0 aromatic carbocycles. The second-order valence-electron chi connectivity index (χ2n) is 5.41. The van der Waals surface area contributed by atoms with Gasteiger partial charge < -0.3 is 5.11 Å². The second kappa shape index (κ2) is 7.34. The Balaban J connectivity index is 4.96. The van der Waals surface area contributed by atoms with E-state index >= 15 is 0 Å². The van der Waals surface area contributed by atoms with Crippen molar-refractivity contribution in [3.8, 4) is 0 Å². The van der Waals surface area contributed by atoms with Gasteiger partial charge in [-0.05, 0) is 33.6 Å². The van der Waals surface area contributed by atoms with Crippen molar-refractivity contribution in [2.45, 2.75) is 66.7 Å². The van der Waals surface area contributed by atoms with Crippen molar-refractivity contribution in [3.63, 3.8) is 0 Å². The number of hydrogen-bond acceptors (Lipinski definition) is 2. The molecule has 0 saturated carbocycles. The average molecular weight is 254 g/mol. The van der Waals surface area contributed by atoms with Crippen LogP contribution in [0.2, 0.25) is 0 Å². The minimum absolute atomic E-state index is 0.200. The predicted octanol–water partition coefficient (Wildman–Crippen LogP) is 3.97. The summed E-state index contributed by atoms with van der Waals surface area (Å²) in [6.07, 6.45) is 4.18. The van der Waals surface area contributed by atoms with E-state index in [4.69, 9.17) is 5.11 Å². The molecule has 18 heavy (non-hydrogen) atoms. The molecule has 0 atom stereocenters. The van der Waals surface area contributed by atoms with Crippen LogP contribution < -0.4 is 0 Å². The SMILES string of the molecule is CCC/C(C)=C(\CCC)CC(=O)C(C)(C)C(=O)O. The number of aliphatic carboxylic acids is 1. The van der Waals surface area contributed by atoms with E-state index in [9.17, 15) is 9.59 Å². The first-order chi connectivity index (χ1) is 8.27. The lowest BCUT2D eigenvalue weighted by Gasteiger charge is -2.19. The first-order valence-electron chi connectivity index (χ1n) is 6.71. The van der Waals surface area contributed by atoms with Gasteiger partial charge in [-0.1, -0.05) is 37.8 Å². The van der Waals surface area contributed by atoms with E-state index < -0.39 is 11.4 Å². The molecule has 0 radical (unpaired) electrons. The summed E-state index contributed by atoms with van der Waals surface area (Å²) >= 11 is 0. The van der Waals surface area contributed by atoms with Gasteiger partial charge in [-0.15, -0.1) is 0 Å². The van der Waals surface area contributed by atoms with Gasteiger partial charge in [-0.25, -0.2) is 0 Å². The summed E-state index contributed by atoms with van der Waals surface area (Å²) in [6, 6.07) is 0. The maximum absolute atomic E-state index is 12.1. The minimum atomic E-state index is -1.29. The molecule has 0 saturated heterocycles. The van der Waals surface area contributed by atoms with Gasteiger partial charge >= 0.3 is 5.97 Å². The average Bonchev–Trinajstić information content (AvgIpc) is 2.28. The predicted molar refractivity (Wildman–Crippen MR) is 73.6 cm³/mol. The van der Waals surface area contributed by atoms with Crippen LogP contribution in [0.4, 0.5) is 0 Å². The Labute approximate surface area is 110 Å². The van der Waals surface area contributed by atoms with E-state index in [-0.39, 0.29) is 12.2 Å². The van der Waals surface area contributed by atoms with Gasteiger partial charge in [0, 0.05) is 6.42 Å². The zero-order chi connectivity index (χ0) is 14.3. The van der Waals surface area contributed by atoms with Crippen LogP contribution in [0.1, 0.15) is 66.7 Å². The largest absolute Gasteiger partial charge is 0.481 e. The van der Waals surface area contributed by atoms with Crippen molar-refractivity contribution in [2.75, 3.05) is 0 Å².